The molecule has 0 spiro atoms. The summed E-state index contributed by atoms with van der Waals surface area (Å²) in [5, 5.41) is 0. The fourth-order valence-electron chi connectivity index (χ4n) is 2.07. The first-order valence-corrected chi connectivity index (χ1v) is 11.0. The Kier molecular flexibility index (Phi) is 5.36. The number of carbonyl (C=O) groups is 2. The fourth-order valence-corrected chi connectivity index (χ4v) is 2.90. The maximum absolute atomic E-state index is 12.8. The summed E-state index contributed by atoms with van der Waals surface area (Å²) in [6.07, 6.45) is 1.09. The van der Waals surface area contributed by atoms with Crippen LogP contribution in [0.5, 0.6) is 11.5 Å². The molecule has 0 bridgehead atoms. The third kappa shape index (κ3) is 4.66. The zero-order valence-electron chi connectivity index (χ0n) is 14.0. The highest BCUT2D eigenvalue weighted by molar-refractivity contribution is 6.70. The van der Waals surface area contributed by atoms with Crippen LogP contribution in [0.2, 0.25) is 19.6 Å². The van der Waals surface area contributed by atoms with Gasteiger partial charge in [0, 0.05) is 17.7 Å². The molecule has 2 rings (SSSR count). The fraction of sp³-hybridized carbons (Fsp3) is 0.158. The van der Waals surface area contributed by atoms with Gasteiger partial charge in [-0.3, -0.25) is 4.79 Å². The van der Waals surface area contributed by atoms with E-state index in [1.807, 2.05) is 37.8 Å². The van der Waals surface area contributed by atoms with Crippen molar-refractivity contribution < 1.29 is 18.8 Å². The third-order valence-corrected chi connectivity index (χ3v) is 3.87. The summed E-state index contributed by atoms with van der Waals surface area (Å²) in [6, 6.07) is 13.8. The molecule has 0 saturated heterocycles. The molecule has 0 radical (unpaired) electrons. The van der Waals surface area contributed by atoms with Crippen molar-refractivity contribution in [1.82, 2.24) is 0 Å². The molecule has 4 nitrogen and oxygen atoms in total. The molecule has 124 valence electrons. The highest BCUT2D eigenvalue weighted by atomic mass is 28.4. The molecule has 5 heteroatoms. The van der Waals surface area contributed by atoms with Crippen LogP contribution in [0.4, 0.5) is 0 Å². The maximum atomic E-state index is 12.8. The van der Waals surface area contributed by atoms with Crippen LogP contribution in [0, 0.1) is 0 Å². The molecule has 2 aromatic rings. The van der Waals surface area contributed by atoms with Crippen LogP contribution in [0.25, 0.3) is 0 Å². The second kappa shape index (κ2) is 7.27. The highest BCUT2D eigenvalue weighted by Crippen LogP contribution is 2.29. The minimum Gasteiger partial charge on any atom is -0.544 e. The summed E-state index contributed by atoms with van der Waals surface area (Å²) in [4.78, 5) is 24.1. The average Bonchev–Trinajstić information content (AvgIpc) is 2.53. The monoisotopic (exact) mass is 340 g/mol. The summed E-state index contributed by atoms with van der Waals surface area (Å²) < 4.78 is 11.2. The number of hydrogen-bond donors (Lipinski definition) is 0. The van der Waals surface area contributed by atoms with E-state index in [-0.39, 0.29) is 5.78 Å². The van der Waals surface area contributed by atoms with Gasteiger partial charge in [-0.1, -0.05) is 36.9 Å². The average molecular weight is 340 g/mol. The van der Waals surface area contributed by atoms with Gasteiger partial charge >= 0.3 is 5.97 Å². The molecule has 0 fully saturated rings. The van der Waals surface area contributed by atoms with E-state index in [2.05, 4.69) is 6.58 Å². The number of ether oxygens (including phenoxy) is 1. The number of hydrogen-bond acceptors (Lipinski definition) is 4. The molecular formula is C19H20O4Si. The number of ketones is 1. The lowest BCUT2D eigenvalue weighted by Gasteiger charge is -2.22. The van der Waals surface area contributed by atoms with Gasteiger partial charge in [-0.05, 0) is 31.8 Å². The van der Waals surface area contributed by atoms with Gasteiger partial charge in [-0.2, -0.15) is 0 Å². The standard InChI is InChI=1S/C19H20O4Si/c1-5-18(20)22-15-11-12-16(17(13-15)23-24(2,3)4)19(21)14-9-7-6-8-10-14/h5-13H,1H2,2-4H3. The van der Waals surface area contributed by atoms with Crippen LogP contribution in [-0.4, -0.2) is 20.1 Å². The topological polar surface area (TPSA) is 52.6 Å². The van der Waals surface area contributed by atoms with E-state index >= 15 is 0 Å². The maximum Gasteiger partial charge on any atom is 0.335 e. The van der Waals surface area contributed by atoms with E-state index in [1.54, 1.807) is 30.3 Å². The van der Waals surface area contributed by atoms with Gasteiger partial charge in [0.15, 0.2) is 5.78 Å². The SMILES string of the molecule is C=CC(=O)Oc1ccc(C(=O)c2ccccc2)c(O[Si](C)(C)C)c1. The van der Waals surface area contributed by atoms with Crippen molar-refractivity contribution in [2.75, 3.05) is 0 Å². The Bertz CT molecular complexity index is 761. The van der Waals surface area contributed by atoms with Gasteiger partial charge in [-0.25, -0.2) is 4.79 Å². The van der Waals surface area contributed by atoms with Crippen LogP contribution in [0.15, 0.2) is 61.2 Å². The number of esters is 1. The molecule has 0 amide bonds. The quantitative estimate of drug-likeness (QED) is 0.260. The number of carbonyl (C=O) groups excluding carboxylic acids is 2. The molecular weight excluding hydrogens is 320 g/mol. The largest absolute Gasteiger partial charge is 0.544 e. The van der Waals surface area contributed by atoms with Gasteiger partial charge in [0.1, 0.15) is 11.5 Å². The van der Waals surface area contributed by atoms with E-state index < -0.39 is 14.3 Å². The molecule has 0 aliphatic carbocycles. The first kappa shape index (κ1) is 17.7. The lowest BCUT2D eigenvalue weighted by Crippen LogP contribution is -2.30. The van der Waals surface area contributed by atoms with Crippen molar-refractivity contribution >= 4 is 20.1 Å². The zero-order chi connectivity index (χ0) is 17.7. The highest BCUT2D eigenvalue weighted by Gasteiger charge is 2.22. The van der Waals surface area contributed by atoms with E-state index in [1.165, 1.54) is 0 Å². The van der Waals surface area contributed by atoms with Crippen molar-refractivity contribution in [3.8, 4) is 11.5 Å². The smallest absolute Gasteiger partial charge is 0.335 e. The third-order valence-electron chi connectivity index (χ3n) is 3.03. The Hall–Kier alpha value is -2.66. The molecule has 0 N–H and O–H groups in total. The Morgan fingerprint density at radius 3 is 2.29 bits per heavy atom. The van der Waals surface area contributed by atoms with Crippen LogP contribution >= 0.6 is 0 Å². The normalized spacial score (nSPS) is 10.8. The second-order valence-corrected chi connectivity index (χ2v) is 10.6. The van der Waals surface area contributed by atoms with Gasteiger partial charge in [0.05, 0.1) is 5.56 Å². The van der Waals surface area contributed by atoms with Crippen molar-refractivity contribution in [2.24, 2.45) is 0 Å². The lowest BCUT2D eigenvalue weighted by atomic mass is 10.0. The van der Waals surface area contributed by atoms with E-state index in [4.69, 9.17) is 9.16 Å². The Morgan fingerprint density at radius 1 is 1.04 bits per heavy atom. The van der Waals surface area contributed by atoms with Crippen LogP contribution in [-0.2, 0) is 4.79 Å². The molecule has 0 heterocycles. The molecule has 0 atom stereocenters. The molecule has 0 saturated carbocycles. The molecule has 0 unspecified atom stereocenters. The number of benzene rings is 2. The van der Waals surface area contributed by atoms with Crippen molar-refractivity contribution in [3.63, 3.8) is 0 Å². The van der Waals surface area contributed by atoms with Gasteiger partial charge < -0.3 is 9.16 Å². The van der Waals surface area contributed by atoms with Crippen LogP contribution in [0.1, 0.15) is 15.9 Å². The van der Waals surface area contributed by atoms with E-state index in [9.17, 15) is 9.59 Å². The molecule has 0 aromatic heterocycles. The minimum atomic E-state index is -1.96. The van der Waals surface area contributed by atoms with E-state index in [0.29, 0.717) is 22.6 Å². The Labute approximate surface area is 142 Å². The Balaban J connectivity index is 2.44. The van der Waals surface area contributed by atoms with Crippen molar-refractivity contribution in [3.05, 3.63) is 72.3 Å². The molecule has 0 aliphatic rings. The predicted octanol–water partition coefficient (Wildman–Crippen LogP) is 4.22. The number of rotatable bonds is 6. The predicted molar refractivity (Wildman–Crippen MR) is 96.1 cm³/mol. The summed E-state index contributed by atoms with van der Waals surface area (Å²) >= 11 is 0. The lowest BCUT2D eigenvalue weighted by molar-refractivity contribution is -0.128. The molecule has 24 heavy (non-hydrogen) atoms. The first-order chi connectivity index (χ1) is 11.3. The van der Waals surface area contributed by atoms with Gasteiger partial charge in [0.25, 0.3) is 0 Å². The van der Waals surface area contributed by atoms with Gasteiger partial charge in [0.2, 0.25) is 8.32 Å². The van der Waals surface area contributed by atoms with Gasteiger partial charge in [-0.15, -0.1) is 0 Å². The van der Waals surface area contributed by atoms with Crippen LogP contribution in [0.3, 0.4) is 0 Å². The zero-order valence-corrected chi connectivity index (χ0v) is 15.0. The molecule has 0 aliphatic heterocycles. The van der Waals surface area contributed by atoms with Crippen LogP contribution < -0.4 is 9.16 Å². The summed E-state index contributed by atoms with van der Waals surface area (Å²) in [5.74, 6) is 0.0525. The second-order valence-electron chi connectivity index (χ2n) is 6.19. The first-order valence-electron chi connectivity index (χ1n) is 7.57. The summed E-state index contributed by atoms with van der Waals surface area (Å²) in [5.41, 5.74) is 1.02. The van der Waals surface area contributed by atoms with Crippen molar-refractivity contribution in [1.29, 1.82) is 0 Å². The van der Waals surface area contributed by atoms with E-state index in [0.717, 1.165) is 6.08 Å². The summed E-state index contributed by atoms with van der Waals surface area (Å²) in [6.45, 7) is 9.43. The Morgan fingerprint density at radius 2 is 1.71 bits per heavy atom. The summed E-state index contributed by atoms with van der Waals surface area (Å²) in [7, 11) is -1.96. The van der Waals surface area contributed by atoms with Crippen molar-refractivity contribution in [2.45, 2.75) is 19.6 Å². The minimum absolute atomic E-state index is 0.134. The molecule has 2 aromatic carbocycles.